The summed E-state index contributed by atoms with van der Waals surface area (Å²) in [5.74, 6) is -3.08. The van der Waals surface area contributed by atoms with Gasteiger partial charge in [0.2, 0.25) is 5.95 Å². The molecule has 1 atom stereocenters. The van der Waals surface area contributed by atoms with E-state index >= 15 is 0 Å². The molecule has 0 bridgehead atoms. The highest BCUT2D eigenvalue weighted by Gasteiger charge is 2.25. The molecule has 0 aliphatic carbocycles. The molecule has 20 heavy (non-hydrogen) atoms. The maximum absolute atomic E-state index is 13.4. The van der Waals surface area contributed by atoms with Gasteiger partial charge in [-0.25, -0.2) is 9.78 Å². The van der Waals surface area contributed by atoms with E-state index in [9.17, 15) is 14.0 Å². The van der Waals surface area contributed by atoms with Crippen LogP contribution in [-0.2, 0) is 11.8 Å². The fraction of sp³-hybridized carbons (Fsp3) is 0.167. The first-order valence-electron chi connectivity index (χ1n) is 5.61. The van der Waals surface area contributed by atoms with Gasteiger partial charge in [0, 0.05) is 25.0 Å². The van der Waals surface area contributed by atoms with E-state index < -0.39 is 23.9 Å². The van der Waals surface area contributed by atoms with E-state index in [4.69, 9.17) is 5.11 Å². The van der Waals surface area contributed by atoms with Gasteiger partial charge in [-0.1, -0.05) is 0 Å². The quantitative estimate of drug-likeness (QED) is 0.794. The maximum Gasteiger partial charge on any atom is 0.331 e. The highest BCUT2D eigenvalue weighted by Crippen LogP contribution is 2.13. The Bertz CT molecular complexity index is 656. The Morgan fingerprint density at radius 1 is 1.50 bits per heavy atom. The number of carboxylic acids is 1. The minimum atomic E-state index is -1.31. The van der Waals surface area contributed by atoms with Crippen LogP contribution in [0.1, 0.15) is 22.0 Å². The molecule has 2 aromatic heterocycles. The number of amides is 1. The first-order chi connectivity index (χ1) is 9.49. The summed E-state index contributed by atoms with van der Waals surface area (Å²) in [6.07, 6.45) is 3.97. The zero-order chi connectivity index (χ0) is 14.7. The number of carbonyl (C=O) groups is 2. The molecule has 0 saturated heterocycles. The summed E-state index contributed by atoms with van der Waals surface area (Å²) in [4.78, 5) is 26.4. The van der Waals surface area contributed by atoms with E-state index in [1.807, 2.05) is 0 Å². The van der Waals surface area contributed by atoms with Crippen LogP contribution in [0.25, 0.3) is 0 Å². The standard InChI is InChI=1S/C12H11FN4O3/c1-17-6-7(5-15-17)9(12(19)20)16-11(18)8-3-2-4-14-10(8)13/h2-6,9H,1H3,(H,16,18)(H,19,20). The van der Waals surface area contributed by atoms with Gasteiger partial charge in [-0.3, -0.25) is 9.48 Å². The van der Waals surface area contributed by atoms with Gasteiger partial charge in [-0.05, 0) is 12.1 Å². The van der Waals surface area contributed by atoms with E-state index in [2.05, 4.69) is 15.4 Å². The topological polar surface area (TPSA) is 97.1 Å². The second kappa shape index (κ2) is 5.47. The van der Waals surface area contributed by atoms with Crippen LogP contribution in [0, 0.1) is 5.95 Å². The van der Waals surface area contributed by atoms with Crippen LogP contribution in [0.2, 0.25) is 0 Å². The molecule has 104 valence electrons. The largest absolute Gasteiger partial charge is 0.479 e. The van der Waals surface area contributed by atoms with Crippen LogP contribution in [-0.4, -0.2) is 31.7 Å². The molecule has 2 N–H and O–H groups in total. The Balaban J connectivity index is 2.23. The summed E-state index contributed by atoms with van der Waals surface area (Å²) < 4.78 is 14.8. The third-order valence-electron chi connectivity index (χ3n) is 2.58. The molecule has 1 amide bonds. The first-order valence-corrected chi connectivity index (χ1v) is 5.61. The summed E-state index contributed by atoms with van der Waals surface area (Å²) >= 11 is 0. The molecule has 2 heterocycles. The molecule has 0 aromatic carbocycles. The predicted molar refractivity (Wildman–Crippen MR) is 65.2 cm³/mol. The summed E-state index contributed by atoms with van der Waals surface area (Å²) in [5.41, 5.74) is -0.0275. The number of pyridine rings is 1. The Morgan fingerprint density at radius 2 is 2.25 bits per heavy atom. The smallest absolute Gasteiger partial charge is 0.331 e. The second-order valence-electron chi connectivity index (χ2n) is 4.03. The van der Waals surface area contributed by atoms with Crippen molar-refractivity contribution in [1.29, 1.82) is 0 Å². The number of hydrogen-bond donors (Lipinski definition) is 2. The van der Waals surface area contributed by atoms with E-state index in [1.165, 1.54) is 35.4 Å². The number of carbonyl (C=O) groups excluding carboxylic acids is 1. The van der Waals surface area contributed by atoms with Crippen LogP contribution in [0.3, 0.4) is 0 Å². The fourth-order valence-electron chi connectivity index (χ4n) is 1.64. The van der Waals surface area contributed by atoms with Crippen LogP contribution in [0.15, 0.2) is 30.7 Å². The third kappa shape index (κ3) is 2.79. The van der Waals surface area contributed by atoms with Crippen molar-refractivity contribution in [3.05, 3.63) is 47.8 Å². The summed E-state index contributed by atoms with van der Waals surface area (Å²) in [6, 6.07) is 1.30. The summed E-state index contributed by atoms with van der Waals surface area (Å²) in [7, 11) is 1.62. The van der Waals surface area contributed by atoms with Crippen LogP contribution < -0.4 is 5.32 Å². The van der Waals surface area contributed by atoms with Gasteiger partial charge in [-0.2, -0.15) is 9.49 Å². The van der Waals surface area contributed by atoms with Crippen molar-refractivity contribution in [1.82, 2.24) is 20.1 Å². The molecule has 0 saturated carbocycles. The summed E-state index contributed by atoms with van der Waals surface area (Å²) in [5, 5.41) is 15.2. The molecular weight excluding hydrogens is 267 g/mol. The molecular formula is C12H11FN4O3. The lowest BCUT2D eigenvalue weighted by molar-refractivity contribution is -0.139. The van der Waals surface area contributed by atoms with Crippen molar-refractivity contribution in [2.45, 2.75) is 6.04 Å². The van der Waals surface area contributed by atoms with Crippen LogP contribution in [0.4, 0.5) is 4.39 Å². The Morgan fingerprint density at radius 3 is 2.80 bits per heavy atom. The normalized spacial score (nSPS) is 11.9. The van der Waals surface area contributed by atoms with Gasteiger partial charge in [0.05, 0.1) is 11.8 Å². The zero-order valence-corrected chi connectivity index (χ0v) is 10.4. The van der Waals surface area contributed by atoms with Gasteiger partial charge in [0.15, 0.2) is 6.04 Å². The number of rotatable bonds is 4. The summed E-state index contributed by atoms with van der Waals surface area (Å²) in [6.45, 7) is 0. The van der Waals surface area contributed by atoms with Gasteiger partial charge < -0.3 is 10.4 Å². The van der Waals surface area contributed by atoms with Crippen molar-refractivity contribution in [2.24, 2.45) is 7.05 Å². The average molecular weight is 278 g/mol. The Labute approximate surface area is 113 Å². The number of aryl methyl sites for hydroxylation is 1. The number of hydrogen-bond acceptors (Lipinski definition) is 4. The number of nitrogens with one attached hydrogen (secondary N) is 1. The molecule has 0 aliphatic rings. The van der Waals surface area contributed by atoms with Gasteiger partial charge >= 0.3 is 5.97 Å². The maximum atomic E-state index is 13.4. The number of aliphatic carboxylic acids is 1. The Kier molecular flexibility index (Phi) is 3.74. The fourth-order valence-corrected chi connectivity index (χ4v) is 1.64. The lowest BCUT2D eigenvalue weighted by atomic mass is 10.1. The molecule has 2 aromatic rings. The van der Waals surface area contributed by atoms with Gasteiger partial charge in [0.1, 0.15) is 0 Å². The number of halogens is 1. The minimum absolute atomic E-state index is 0.289. The van der Waals surface area contributed by atoms with Crippen LogP contribution >= 0.6 is 0 Å². The van der Waals surface area contributed by atoms with Crippen molar-refractivity contribution in [3.8, 4) is 0 Å². The number of nitrogens with zero attached hydrogens (tertiary/aromatic N) is 3. The second-order valence-corrected chi connectivity index (χ2v) is 4.03. The molecule has 1 unspecified atom stereocenters. The lowest BCUT2D eigenvalue weighted by Gasteiger charge is -2.12. The highest BCUT2D eigenvalue weighted by atomic mass is 19.1. The van der Waals surface area contributed by atoms with Crippen molar-refractivity contribution in [3.63, 3.8) is 0 Å². The molecule has 0 fully saturated rings. The van der Waals surface area contributed by atoms with Gasteiger partial charge in [0.25, 0.3) is 5.91 Å². The molecule has 0 aliphatic heterocycles. The number of aromatic nitrogens is 3. The lowest BCUT2D eigenvalue weighted by Crippen LogP contribution is -2.34. The minimum Gasteiger partial charge on any atom is -0.479 e. The Hall–Kier alpha value is -2.77. The van der Waals surface area contributed by atoms with E-state index in [0.29, 0.717) is 0 Å². The average Bonchev–Trinajstić information content (AvgIpc) is 2.82. The van der Waals surface area contributed by atoms with E-state index in [1.54, 1.807) is 7.05 Å². The van der Waals surface area contributed by atoms with Crippen molar-refractivity contribution >= 4 is 11.9 Å². The first kappa shape index (κ1) is 13.7. The molecule has 0 spiro atoms. The molecule has 7 nitrogen and oxygen atoms in total. The monoisotopic (exact) mass is 278 g/mol. The number of carboxylic acid groups (broad SMARTS) is 1. The SMILES string of the molecule is Cn1cc(C(NC(=O)c2cccnc2F)C(=O)O)cn1. The van der Waals surface area contributed by atoms with Crippen molar-refractivity contribution in [2.75, 3.05) is 0 Å². The predicted octanol–water partition coefficient (Wildman–Crippen LogP) is 0.510. The zero-order valence-electron chi connectivity index (χ0n) is 10.4. The third-order valence-corrected chi connectivity index (χ3v) is 2.58. The molecule has 2 rings (SSSR count). The molecule has 8 heteroatoms. The van der Waals surface area contributed by atoms with Gasteiger partial charge in [-0.15, -0.1) is 0 Å². The molecule has 0 radical (unpaired) electrons. The van der Waals surface area contributed by atoms with E-state index in [-0.39, 0.29) is 11.1 Å². The highest BCUT2D eigenvalue weighted by molar-refractivity contribution is 5.96. The van der Waals surface area contributed by atoms with E-state index in [0.717, 1.165) is 0 Å². The van der Waals surface area contributed by atoms with Crippen molar-refractivity contribution < 1.29 is 19.1 Å². The van der Waals surface area contributed by atoms with Crippen LogP contribution in [0.5, 0.6) is 0 Å².